The quantitative estimate of drug-likeness (QED) is 0.304. The van der Waals surface area contributed by atoms with Crippen molar-refractivity contribution in [1.82, 2.24) is 21.3 Å². The van der Waals surface area contributed by atoms with Gasteiger partial charge in [0.2, 0.25) is 17.7 Å². The summed E-state index contributed by atoms with van der Waals surface area (Å²) in [5, 5.41) is 20.9. The second-order valence-corrected chi connectivity index (χ2v) is 8.81. The normalized spacial score (nSPS) is 18.5. The molecule has 1 aromatic heterocycles. The van der Waals surface area contributed by atoms with E-state index in [4.69, 9.17) is 5.11 Å². The van der Waals surface area contributed by atoms with Gasteiger partial charge in [-0.3, -0.25) is 14.4 Å². The largest absolute Gasteiger partial charge is 0.465 e. The number of carboxylic acid groups (broad SMARTS) is 1. The van der Waals surface area contributed by atoms with Gasteiger partial charge in [0.05, 0.1) is 6.04 Å². The van der Waals surface area contributed by atoms with E-state index in [2.05, 4.69) is 21.3 Å². The van der Waals surface area contributed by atoms with Crippen molar-refractivity contribution in [3.63, 3.8) is 0 Å². The van der Waals surface area contributed by atoms with Gasteiger partial charge >= 0.3 is 6.09 Å². The first-order chi connectivity index (χ1) is 14.7. The number of hydrogen-bond acceptors (Lipinski definition) is 6. The van der Waals surface area contributed by atoms with Crippen molar-refractivity contribution in [2.75, 3.05) is 6.54 Å². The van der Waals surface area contributed by atoms with Crippen molar-refractivity contribution < 1.29 is 29.1 Å². The van der Waals surface area contributed by atoms with E-state index in [1.165, 1.54) is 11.3 Å². The van der Waals surface area contributed by atoms with Gasteiger partial charge < -0.3 is 31.2 Å². The average molecular weight is 453 g/mol. The summed E-state index contributed by atoms with van der Waals surface area (Å²) in [6.07, 6.45) is 0.185. The van der Waals surface area contributed by atoms with E-state index >= 15 is 0 Å². The van der Waals surface area contributed by atoms with Gasteiger partial charge in [0.25, 0.3) is 0 Å². The van der Waals surface area contributed by atoms with Crippen molar-refractivity contribution >= 4 is 41.4 Å². The van der Waals surface area contributed by atoms with Gasteiger partial charge in [-0.1, -0.05) is 19.9 Å². The molecule has 1 fully saturated rings. The van der Waals surface area contributed by atoms with Gasteiger partial charge in [-0.15, -0.1) is 11.3 Å². The fourth-order valence-corrected chi connectivity index (χ4v) is 4.13. The van der Waals surface area contributed by atoms with E-state index in [0.717, 1.165) is 4.88 Å². The van der Waals surface area contributed by atoms with Crippen LogP contribution >= 0.6 is 11.3 Å². The summed E-state index contributed by atoms with van der Waals surface area (Å²) in [5.74, 6) is -2.05. The monoisotopic (exact) mass is 452 g/mol. The maximum atomic E-state index is 12.9. The summed E-state index contributed by atoms with van der Waals surface area (Å²) in [6.45, 7) is 3.90. The van der Waals surface area contributed by atoms with E-state index in [9.17, 15) is 24.0 Å². The Labute approximate surface area is 184 Å². The second-order valence-electron chi connectivity index (χ2n) is 7.78. The molecule has 4 atom stereocenters. The first kappa shape index (κ1) is 24.3. The van der Waals surface area contributed by atoms with Gasteiger partial charge in [0.15, 0.2) is 0 Å². The minimum atomic E-state index is -1.34. The Kier molecular flexibility index (Phi) is 8.98. The van der Waals surface area contributed by atoms with Gasteiger partial charge in [0, 0.05) is 23.8 Å². The molecule has 0 aromatic carbocycles. The lowest BCUT2D eigenvalue weighted by Gasteiger charge is -2.25. The number of nitrogens with one attached hydrogen (secondary N) is 4. The van der Waals surface area contributed by atoms with Gasteiger partial charge in [0.1, 0.15) is 18.4 Å². The SMILES string of the molecule is CC(C)C(NC(=O)O)C(=O)NC(Cc1cccs1)C(=O)NC(C=O)C[C@@H]1CCNC1=O. The molecule has 1 aromatic rings. The molecule has 0 bridgehead atoms. The maximum Gasteiger partial charge on any atom is 0.405 e. The van der Waals surface area contributed by atoms with E-state index < -0.39 is 36.0 Å². The predicted molar refractivity (Wildman–Crippen MR) is 113 cm³/mol. The number of carbonyl (C=O) groups excluding carboxylic acids is 4. The Morgan fingerprint density at radius 3 is 2.52 bits per heavy atom. The highest BCUT2D eigenvalue weighted by molar-refractivity contribution is 7.09. The lowest BCUT2D eigenvalue weighted by Crippen LogP contribution is -2.57. The molecule has 10 nitrogen and oxygen atoms in total. The fraction of sp³-hybridized carbons (Fsp3) is 0.550. The van der Waals surface area contributed by atoms with Crippen LogP contribution in [0.3, 0.4) is 0 Å². The van der Waals surface area contributed by atoms with Crippen LogP contribution in [0.25, 0.3) is 0 Å². The number of amides is 4. The van der Waals surface area contributed by atoms with Crippen molar-refractivity contribution in [1.29, 1.82) is 0 Å². The molecule has 2 rings (SSSR count). The standard InChI is InChI=1S/C20H28N4O6S/c1-11(2)16(24-20(29)30)19(28)23-15(9-14-4-3-7-31-14)18(27)22-13(10-25)8-12-5-6-21-17(12)26/h3-4,7,10-13,15-16,24H,5-6,8-9H2,1-2H3,(H,21,26)(H,22,27)(H,23,28)(H,29,30)/t12-,13?,15?,16?/m0/s1. The number of carbonyl (C=O) groups is 5. The van der Waals surface area contributed by atoms with Crippen LogP contribution in [0.4, 0.5) is 4.79 Å². The molecule has 0 spiro atoms. The molecule has 2 heterocycles. The summed E-state index contributed by atoms with van der Waals surface area (Å²) in [5.41, 5.74) is 0. The maximum absolute atomic E-state index is 12.9. The van der Waals surface area contributed by atoms with Crippen molar-refractivity contribution in [2.24, 2.45) is 11.8 Å². The number of rotatable bonds is 11. The molecule has 3 unspecified atom stereocenters. The molecular weight excluding hydrogens is 424 g/mol. The molecule has 0 aliphatic carbocycles. The summed E-state index contributed by atoms with van der Waals surface area (Å²) >= 11 is 1.41. The van der Waals surface area contributed by atoms with Crippen LogP contribution in [0.1, 0.15) is 31.6 Å². The summed E-state index contributed by atoms with van der Waals surface area (Å²) in [4.78, 5) is 60.8. The van der Waals surface area contributed by atoms with Crippen molar-refractivity contribution in [3.8, 4) is 0 Å². The van der Waals surface area contributed by atoms with E-state index in [-0.39, 0.29) is 30.6 Å². The topological polar surface area (TPSA) is 154 Å². The van der Waals surface area contributed by atoms with Crippen molar-refractivity contribution in [2.45, 2.75) is 51.2 Å². The van der Waals surface area contributed by atoms with Gasteiger partial charge in [-0.05, 0) is 30.2 Å². The minimum Gasteiger partial charge on any atom is -0.465 e. The average Bonchev–Trinajstić information content (AvgIpc) is 3.36. The molecule has 1 saturated heterocycles. The lowest BCUT2D eigenvalue weighted by atomic mass is 9.98. The molecule has 4 amide bonds. The van der Waals surface area contributed by atoms with E-state index in [0.29, 0.717) is 19.3 Å². The molecular formula is C20H28N4O6S. The Morgan fingerprint density at radius 2 is 2.00 bits per heavy atom. The Bertz CT molecular complexity index is 798. The fourth-order valence-electron chi connectivity index (χ4n) is 3.38. The Balaban J connectivity index is 2.10. The number of hydrogen-bond donors (Lipinski definition) is 5. The smallest absolute Gasteiger partial charge is 0.405 e. The Morgan fingerprint density at radius 1 is 1.26 bits per heavy atom. The molecule has 170 valence electrons. The highest BCUT2D eigenvalue weighted by atomic mass is 32.1. The zero-order valence-corrected chi connectivity index (χ0v) is 18.2. The first-order valence-electron chi connectivity index (χ1n) is 10.1. The molecule has 11 heteroatoms. The molecule has 1 aliphatic heterocycles. The third-order valence-corrected chi connectivity index (χ3v) is 5.94. The minimum absolute atomic E-state index is 0.149. The van der Waals surface area contributed by atoms with Crippen LogP contribution in [0, 0.1) is 11.8 Å². The third kappa shape index (κ3) is 7.35. The van der Waals surface area contributed by atoms with Crippen LogP contribution < -0.4 is 21.3 Å². The van der Waals surface area contributed by atoms with Crippen LogP contribution in [-0.2, 0) is 25.6 Å². The van der Waals surface area contributed by atoms with E-state index in [1.807, 2.05) is 17.5 Å². The van der Waals surface area contributed by atoms with E-state index in [1.54, 1.807) is 13.8 Å². The number of thiophene rings is 1. The predicted octanol–water partition coefficient (Wildman–Crippen LogP) is 0.278. The number of aldehydes is 1. The summed E-state index contributed by atoms with van der Waals surface area (Å²) in [6, 6.07) is 0.698. The molecule has 31 heavy (non-hydrogen) atoms. The zero-order chi connectivity index (χ0) is 23.0. The van der Waals surface area contributed by atoms with Crippen LogP contribution in [0.15, 0.2) is 17.5 Å². The molecule has 0 radical (unpaired) electrons. The molecule has 0 saturated carbocycles. The van der Waals surface area contributed by atoms with Crippen LogP contribution in [0.5, 0.6) is 0 Å². The second kappa shape index (κ2) is 11.4. The first-order valence-corrected chi connectivity index (χ1v) is 10.9. The van der Waals surface area contributed by atoms with Gasteiger partial charge in [-0.25, -0.2) is 4.79 Å². The van der Waals surface area contributed by atoms with Crippen LogP contribution in [-0.4, -0.2) is 59.9 Å². The highest BCUT2D eigenvalue weighted by Crippen LogP contribution is 2.16. The summed E-state index contributed by atoms with van der Waals surface area (Å²) < 4.78 is 0. The Hall–Kier alpha value is -2.95. The zero-order valence-electron chi connectivity index (χ0n) is 17.4. The third-order valence-electron chi connectivity index (χ3n) is 5.04. The van der Waals surface area contributed by atoms with Crippen molar-refractivity contribution in [3.05, 3.63) is 22.4 Å². The van der Waals surface area contributed by atoms with Gasteiger partial charge in [-0.2, -0.15) is 0 Å². The molecule has 5 N–H and O–H groups in total. The molecule has 1 aliphatic rings. The summed E-state index contributed by atoms with van der Waals surface area (Å²) in [7, 11) is 0. The lowest BCUT2D eigenvalue weighted by molar-refractivity contribution is -0.131. The highest BCUT2D eigenvalue weighted by Gasteiger charge is 2.32. The van der Waals surface area contributed by atoms with Crippen LogP contribution in [0.2, 0.25) is 0 Å².